The zero-order chi connectivity index (χ0) is 20.2. The molecule has 1 aromatic heterocycles. The van der Waals surface area contributed by atoms with Crippen LogP contribution in [-0.4, -0.2) is 29.9 Å². The topological polar surface area (TPSA) is 52.7 Å². The highest BCUT2D eigenvalue weighted by Gasteiger charge is 2.27. The second-order valence-corrected chi connectivity index (χ2v) is 7.77. The molecule has 0 spiro atoms. The van der Waals surface area contributed by atoms with Crippen molar-refractivity contribution >= 4 is 34.6 Å². The maximum absolute atomic E-state index is 13.5. The Morgan fingerprint density at radius 2 is 1.93 bits per heavy atom. The average Bonchev–Trinajstić information content (AvgIpc) is 3.25. The lowest BCUT2D eigenvalue weighted by Crippen LogP contribution is -2.49. The summed E-state index contributed by atoms with van der Waals surface area (Å²) in [4.78, 5) is 29.3. The molecule has 7 heteroatoms. The summed E-state index contributed by atoms with van der Waals surface area (Å²) < 4.78 is 13.5. The molecule has 1 saturated heterocycles. The van der Waals surface area contributed by atoms with Crippen molar-refractivity contribution in [3.05, 3.63) is 82.3 Å². The standard InChI is InChI=1S/C22H20FN3O2S/c23-17-6-1-5-16(13-17)15-25-10-4-11-26(22(25)28)19-8-2-7-18(14-19)24-21(27)20-9-3-12-29-20/h1-3,5-9,12-14H,4,10-11,15H2,(H,24,27). The van der Waals surface area contributed by atoms with E-state index in [-0.39, 0.29) is 17.8 Å². The average molecular weight is 409 g/mol. The van der Waals surface area contributed by atoms with Gasteiger partial charge in [-0.15, -0.1) is 11.3 Å². The molecule has 2 aromatic carbocycles. The first kappa shape index (κ1) is 19.1. The minimum Gasteiger partial charge on any atom is -0.321 e. The molecule has 0 saturated carbocycles. The molecule has 1 N–H and O–H groups in total. The number of anilines is 2. The fraction of sp³-hybridized carbons (Fsp3) is 0.182. The van der Waals surface area contributed by atoms with Gasteiger partial charge in [0, 0.05) is 31.0 Å². The van der Waals surface area contributed by atoms with Gasteiger partial charge < -0.3 is 10.2 Å². The number of benzene rings is 2. The molecule has 1 aliphatic rings. The third kappa shape index (κ3) is 4.46. The minimum atomic E-state index is -0.307. The maximum atomic E-state index is 13.5. The van der Waals surface area contributed by atoms with Crippen LogP contribution in [-0.2, 0) is 6.54 Å². The summed E-state index contributed by atoms with van der Waals surface area (Å²) in [5.74, 6) is -0.479. The molecule has 3 amide bonds. The number of thiophene rings is 1. The quantitative estimate of drug-likeness (QED) is 0.647. The molecular formula is C22H20FN3O2S. The molecular weight excluding hydrogens is 389 g/mol. The highest BCUT2D eigenvalue weighted by Crippen LogP contribution is 2.25. The number of nitrogens with one attached hydrogen (secondary N) is 1. The molecule has 1 fully saturated rings. The summed E-state index contributed by atoms with van der Waals surface area (Å²) in [5, 5.41) is 4.73. The van der Waals surface area contributed by atoms with Crippen molar-refractivity contribution in [2.45, 2.75) is 13.0 Å². The van der Waals surface area contributed by atoms with Crippen LogP contribution in [0.15, 0.2) is 66.0 Å². The van der Waals surface area contributed by atoms with Crippen molar-refractivity contribution < 1.29 is 14.0 Å². The lowest BCUT2D eigenvalue weighted by atomic mass is 10.1. The van der Waals surface area contributed by atoms with Gasteiger partial charge in [0.2, 0.25) is 0 Å². The number of urea groups is 1. The Morgan fingerprint density at radius 1 is 1.07 bits per heavy atom. The van der Waals surface area contributed by atoms with Crippen molar-refractivity contribution in [3.63, 3.8) is 0 Å². The summed E-state index contributed by atoms with van der Waals surface area (Å²) in [5.41, 5.74) is 2.12. The first-order valence-electron chi connectivity index (χ1n) is 9.36. The summed E-state index contributed by atoms with van der Waals surface area (Å²) in [6.07, 6.45) is 0.812. The number of carbonyl (C=O) groups excluding carboxylic acids is 2. The molecule has 1 aliphatic heterocycles. The molecule has 0 radical (unpaired) electrons. The molecule has 0 unspecified atom stereocenters. The highest BCUT2D eigenvalue weighted by molar-refractivity contribution is 7.12. The van der Waals surface area contributed by atoms with Gasteiger partial charge in [-0.05, 0) is 53.8 Å². The van der Waals surface area contributed by atoms with E-state index in [4.69, 9.17) is 0 Å². The number of amides is 3. The fourth-order valence-electron chi connectivity index (χ4n) is 3.38. The summed E-state index contributed by atoms with van der Waals surface area (Å²) in [6, 6.07) is 17.1. The molecule has 29 heavy (non-hydrogen) atoms. The number of carbonyl (C=O) groups is 2. The van der Waals surface area contributed by atoms with Gasteiger partial charge in [-0.2, -0.15) is 0 Å². The Labute approximate surface area is 172 Å². The first-order valence-corrected chi connectivity index (χ1v) is 10.2. The largest absolute Gasteiger partial charge is 0.324 e. The molecule has 0 bridgehead atoms. The molecule has 2 heterocycles. The van der Waals surface area contributed by atoms with E-state index in [2.05, 4.69) is 5.32 Å². The molecule has 148 valence electrons. The van der Waals surface area contributed by atoms with Gasteiger partial charge in [0.1, 0.15) is 5.82 Å². The Balaban J connectivity index is 1.48. The van der Waals surface area contributed by atoms with Crippen LogP contribution in [0.1, 0.15) is 21.7 Å². The summed E-state index contributed by atoms with van der Waals surface area (Å²) >= 11 is 1.38. The Kier molecular flexibility index (Phi) is 5.57. The fourth-order valence-corrected chi connectivity index (χ4v) is 3.99. The third-order valence-corrected chi connectivity index (χ3v) is 5.60. The van der Waals surface area contributed by atoms with Crippen molar-refractivity contribution in [2.75, 3.05) is 23.3 Å². The van der Waals surface area contributed by atoms with Gasteiger partial charge in [0.15, 0.2) is 0 Å². The van der Waals surface area contributed by atoms with E-state index in [9.17, 15) is 14.0 Å². The number of nitrogens with zero attached hydrogens (tertiary/aromatic N) is 2. The van der Waals surface area contributed by atoms with Crippen LogP contribution < -0.4 is 10.2 Å². The summed E-state index contributed by atoms with van der Waals surface area (Å²) in [7, 11) is 0. The SMILES string of the molecule is O=C(Nc1cccc(N2CCCN(Cc3cccc(F)c3)C2=O)c1)c1cccs1. The Bertz CT molecular complexity index is 1020. The predicted octanol–water partition coefficient (Wildman–Crippen LogP) is 4.97. The van der Waals surface area contributed by atoms with Crippen LogP contribution in [0.5, 0.6) is 0 Å². The van der Waals surface area contributed by atoms with Crippen LogP contribution in [0.3, 0.4) is 0 Å². The number of rotatable bonds is 5. The van der Waals surface area contributed by atoms with Crippen molar-refractivity contribution in [1.82, 2.24) is 4.90 Å². The van der Waals surface area contributed by atoms with Crippen molar-refractivity contribution in [1.29, 1.82) is 0 Å². The third-order valence-electron chi connectivity index (χ3n) is 4.73. The van der Waals surface area contributed by atoms with Crippen LogP contribution in [0.2, 0.25) is 0 Å². The lowest BCUT2D eigenvalue weighted by Gasteiger charge is -2.36. The minimum absolute atomic E-state index is 0.123. The monoisotopic (exact) mass is 409 g/mol. The smallest absolute Gasteiger partial charge is 0.321 e. The van der Waals surface area contributed by atoms with Gasteiger partial charge in [0.25, 0.3) is 5.91 Å². The normalized spacial score (nSPS) is 14.2. The summed E-state index contributed by atoms with van der Waals surface area (Å²) in [6.45, 7) is 1.59. The Hall–Kier alpha value is -3.19. The van der Waals surface area contributed by atoms with E-state index in [1.165, 1.54) is 23.5 Å². The van der Waals surface area contributed by atoms with Gasteiger partial charge in [-0.1, -0.05) is 24.3 Å². The molecule has 3 aromatic rings. The van der Waals surface area contributed by atoms with Crippen LogP contribution in [0.25, 0.3) is 0 Å². The molecule has 5 nitrogen and oxygen atoms in total. The van der Waals surface area contributed by atoms with E-state index in [1.54, 1.807) is 34.1 Å². The van der Waals surface area contributed by atoms with Crippen molar-refractivity contribution in [3.8, 4) is 0 Å². The van der Waals surface area contributed by atoms with Crippen molar-refractivity contribution in [2.24, 2.45) is 0 Å². The van der Waals surface area contributed by atoms with Gasteiger partial charge in [0.05, 0.1) is 4.88 Å². The molecule has 0 atom stereocenters. The lowest BCUT2D eigenvalue weighted by molar-refractivity contribution is 0.103. The number of hydrogen-bond acceptors (Lipinski definition) is 3. The maximum Gasteiger partial charge on any atom is 0.324 e. The van der Waals surface area contributed by atoms with Crippen LogP contribution >= 0.6 is 11.3 Å². The highest BCUT2D eigenvalue weighted by atomic mass is 32.1. The van der Waals surface area contributed by atoms with E-state index < -0.39 is 0 Å². The van der Waals surface area contributed by atoms with E-state index >= 15 is 0 Å². The number of halogens is 1. The molecule has 0 aliphatic carbocycles. The van der Waals surface area contributed by atoms with E-state index in [0.29, 0.717) is 30.2 Å². The number of hydrogen-bond donors (Lipinski definition) is 1. The van der Waals surface area contributed by atoms with Crippen LogP contribution in [0, 0.1) is 5.82 Å². The van der Waals surface area contributed by atoms with Crippen LogP contribution in [0.4, 0.5) is 20.6 Å². The molecule has 4 rings (SSSR count). The zero-order valence-electron chi connectivity index (χ0n) is 15.7. The van der Waals surface area contributed by atoms with Gasteiger partial charge >= 0.3 is 6.03 Å². The van der Waals surface area contributed by atoms with Gasteiger partial charge in [-0.25, -0.2) is 9.18 Å². The predicted molar refractivity (Wildman–Crippen MR) is 113 cm³/mol. The van der Waals surface area contributed by atoms with E-state index in [1.807, 2.05) is 29.6 Å². The second kappa shape index (κ2) is 8.45. The van der Waals surface area contributed by atoms with Gasteiger partial charge in [-0.3, -0.25) is 9.69 Å². The Morgan fingerprint density at radius 3 is 2.72 bits per heavy atom. The zero-order valence-corrected chi connectivity index (χ0v) is 16.5. The van der Waals surface area contributed by atoms with E-state index in [0.717, 1.165) is 17.7 Å². The first-order chi connectivity index (χ1) is 14.1. The second-order valence-electron chi connectivity index (χ2n) is 6.82.